The van der Waals surface area contributed by atoms with Crippen molar-refractivity contribution in [3.05, 3.63) is 99.5 Å². The van der Waals surface area contributed by atoms with E-state index in [1.54, 1.807) is 24.3 Å². The minimum atomic E-state index is -4.26. The van der Waals surface area contributed by atoms with E-state index in [0.29, 0.717) is 16.4 Å². The molecule has 11 heteroatoms. The van der Waals surface area contributed by atoms with Crippen LogP contribution in [0.25, 0.3) is 0 Å². The van der Waals surface area contributed by atoms with Crippen LogP contribution in [0.5, 0.6) is 0 Å². The smallest absolute Gasteiger partial charge is 0.269 e. The summed E-state index contributed by atoms with van der Waals surface area (Å²) in [6.45, 7) is 3.29. The van der Waals surface area contributed by atoms with Gasteiger partial charge in [0.15, 0.2) is 0 Å². The molecule has 0 bridgehead atoms. The average molecular weight is 603 g/mol. The van der Waals surface area contributed by atoms with Crippen LogP contribution in [0.4, 0.5) is 0 Å². The van der Waals surface area contributed by atoms with Gasteiger partial charge in [0.2, 0.25) is 11.8 Å². The highest BCUT2D eigenvalue weighted by molar-refractivity contribution is 7.90. The fourth-order valence-electron chi connectivity index (χ4n) is 4.43. The molecular formula is C29H29Cl2N3O5S. The van der Waals surface area contributed by atoms with Crippen LogP contribution in [0.15, 0.2) is 77.7 Å². The van der Waals surface area contributed by atoms with Crippen LogP contribution in [0.2, 0.25) is 10.0 Å². The summed E-state index contributed by atoms with van der Waals surface area (Å²) >= 11 is 12.9. The van der Waals surface area contributed by atoms with Crippen molar-refractivity contribution in [1.29, 1.82) is 0 Å². The van der Waals surface area contributed by atoms with Crippen LogP contribution in [-0.4, -0.2) is 54.5 Å². The lowest BCUT2D eigenvalue weighted by Gasteiger charge is -2.33. The minimum absolute atomic E-state index is 0.00786. The molecular weight excluding hydrogens is 573 g/mol. The van der Waals surface area contributed by atoms with Crippen molar-refractivity contribution in [2.24, 2.45) is 5.92 Å². The number of halogens is 2. The topological polar surface area (TPSA) is 104 Å². The first-order valence-corrected chi connectivity index (χ1v) is 14.9. The SMILES string of the molecule is CC(C)CNC(=O)[C@H](Cc1ccccc1)N(Cc1c(Cl)cccc1Cl)C(=O)CN1C(=O)c2ccccc2S1(=O)=O. The van der Waals surface area contributed by atoms with E-state index < -0.39 is 40.3 Å². The summed E-state index contributed by atoms with van der Waals surface area (Å²) in [5, 5.41) is 3.45. The van der Waals surface area contributed by atoms with E-state index in [1.165, 1.54) is 23.1 Å². The van der Waals surface area contributed by atoms with Gasteiger partial charge in [-0.25, -0.2) is 12.7 Å². The number of carbonyl (C=O) groups is 3. The number of sulfonamides is 1. The number of hydrogen-bond donors (Lipinski definition) is 1. The Kier molecular flexibility index (Phi) is 9.18. The molecule has 0 aromatic heterocycles. The van der Waals surface area contributed by atoms with Crippen LogP contribution in [0.3, 0.4) is 0 Å². The van der Waals surface area contributed by atoms with Gasteiger partial charge in [-0.1, -0.05) is 85.6 Å². The van der Waals surface area contributed by atoms with Gasteiger partial charge in [0.1, 0.15) is 17.5 Å². The molecule has 0 aliphatic carbocycles. The van der Waals surface area contributed by atoms with Crippen molar-refractivity contribution < 1.29 is 22.8 Å². The first-order chi connectivity index (χ1) is 19.0. The molecule has 1 aliphatic heterocycles. The van der Waals surface area contributed by atoms with E-state index >= 15 is 0 Å². The number of hydrogen-bond acceptors (Lipinski definition) is 5. The predicted octanol–water partition coefficient (Wildman–Crippen LogP) is 4.55. The standard InChI is InChI=1S/C29H29Cl2N3O5S/c1-19(2)16-32-28(36)25(15-20-9-4-3-5-10-20)33(17-22-23(30)12-8-13-24(22)31)27(35)18-34-29(37)21-11-6-7-14-26(21)40(34,38)39/h3-14,19,25H,15-18H2,1-2H3,(H,32,36)/t25-/m0/s1. The third-order valence-electron chi connectivity index (χ3n) is 6.54. The molecule has 4 rings (SSSR count). The Morgan fingerprint density at radius 1 is 0.925 bits per heavy atom. The van der Waals surface area contributed by atoms with Gasteiger partial charge in [-0.15, -0.1) is 0 Å². The lowest BCUT2D eigenvalue weighted by Crippen LogP contribution is -2.53. The Bertz CT molecular complexity index is 1510. The van der Waals surface area contributed by atoms with Crippen molar-refractivity contribution >= 4 is 50.9 Å². The zero-order valence-corrected chi connectivity index (χ0v) is 24.3. The van der Waals surface area contributed by atoms with Crippen molar-refractivity contribution in [2.45, 2.75) is 37.8 Å². The van der Waals surface area contributed by atoms with Gasteiger partial charge < -0.3 is 10.2 Å². The number of fused-ring (bicyclic) bond motifs is 1. The molecule has 0 saturated carbocycles. The Hall–Kier alpha value is -3.40. The predicted molar refractivity (Wildman–Crippen MR) is 153 cm³/mol. The quantitative estimate of drug-likeness (QED) is 0.367. The molecule has 0 fully saturated rings. The zero-order valence-electron chi connectivity index (χ0n) is 22.0. The number of nitrogens with zero attached hydrogens (tertiary/aromatic N) is 2. The normalized spacial score (nSPS) is 14.6. The largest absolute Gasteiger partial charge is 0.354 e. The van der Waals surface area contributed by atoms with Gasteiger partial charge >= 0.3 is 0 Å². The summed E-state index contributed by atoms with van der Waals surface area (Å²) in [7, 11) is -4.26. The van der Waals surface area contributed by atoms with Gasteiger partial charge in [0.05, 0.1) is 5.56 Å². The lowest BCUT2D eigenvalue weighted by molar-refractivity contribution is -0.141. The van der Waals surface area contributed by atoms with E-state index in [0.717, 1.165) is 5.56 Å². The zero-order chi connectivity index (χ0) is 29.0. The number of amides is 3. The maximum Gasteiger partial charge on any atom is 0.269 e. The highest BCUT2D eigenvalue weighted by Crippen LogP contribution is 2.31. The van der Waals surface area contributed by atoms with Crippen LogP contribution >= 0.6 is 23.2 Å². The van der Waals surface area contributed by atoms with E-state index in [-0.39, 0.29) is 39.4 Å². The number of nitrogens with one attached hydrogen (secondary N) is 1. The first-order valence-electron chi connectivity index (χ1n) is 12.7. The number of carbonyl (C=O) groups excluding carboxylic acids is 3. The summed E-state index contributed by atoms with van der Waals surface area (Å²) < 4.78 is 27.0. The molecule has 3 aromatic carbocycles. The molecule has 40 heavy (non-hydrogen) atoms. The number of benzene rings is 3. The molecule has 0 spiro atoms. The van der Waals surface area contributed by atoms with Gasteiger partial charge in [0.25, 0.3) is 15.9 Å². The molecule has 8 nitrogen and oxygen atoms in total. The second kappa shape index (κ2) is 12.4. The van der Waals surface area contributed by atoms with Crippen LogP contribution in [0.1, 0.15) is 35.3 Å². The fourth-order valence-corrected chi connectivity index (χ4v) is 6.47. The molecule has 210 valence electrons. The van der Waals surface area contributed by atoms with Gasteiger partial charge in [-0.3, -0.25) is 14.4 Å². The summed E-state index contributed by atoms with van der Waals surface area (Å²) in [4.78, 5) is 41.7. The van der Waals surface area contributed by atoms with Gasteiger partial charge in [0, 0.05) is 35.1 Å². The molecule has 3 amide bonds. The van der Waals surface area contributed by atoms with Gasteiger partial charge in [-0.2, -0.15) is 0 Å². The molecule has 0 unspecified atom stereocenters. The Morgan fingerprint density at radius 3 is 2.17 bits per heavy atom. The highest BCUT2D eigenvalue weighted by atomic mass is 35.5. The molecule has 0 radical (unpaired) electrons. The van der Waals surface area contributed by atoms with Crippen molar-refractivity contribution in [1.82, 2.24) is 14.5 Å². The monoisotopic (exact) mass is 601 g/mol. The van der Waals surface area contributed by atoms with E-state index in [9.17, 15) is 22.8 Å². The van der Waals surface area contributed by atoms with Crippen LogP contribution < -0.4 is 5.32 Å². The van der Waals surface area contributed by atoms with Gasteiger partial charge in [-0.05, 0) is 35.7 Å². The van der Waals surface area contributed by atoms with E-state index in [4.69, 9.17) is 23.2 Å². The first kappa shape index (κ1) is 29.6. The second-order valence-electron chi connectivity index (χ2n) is 9.88. The second-order valence-corrected chi connectivity index (χ2v) is 12.5. The molecule has 0 saturated heterocycles. The van der Waals surface area contributed by atoms with Crippen LogP contribution in [-0.2, 0) is 32.6 Å². The maximum atomic E-state index is 14.0. The maximum absolute atomic E-state index is 14.0. The van der Waals surface area contributed by atoms with Crippen LogP contribution in [0, 0.1) is 5.92 Å². The Balaban J connectivity index is 1.74. The Labute approximate surface area is 243 Å². The Morgan fingerprint density at radius 2 is 1.55 bits per heavy atom. The fraction of sp³-hybridized carbons (Fsp3) is 0.276. The minimum Gasteiger partial charge on any atom is -0.354 e. The summed E-state index contributed by atoms with van der Waals surface area (Å²) in [6, 6.07) is 18.8. The molecule has 1 atom stereocenters. The number of rotatable bonds is 10. The summed E-state index contributed by atoms with van der Waals surface area (Å²) in [5.74, 6) is -1.83. The van der Waals surface area contributed by atoms with Crippen molar-refractivity contribution in [3.63, 3.8) is 0 Å². The average Bonchev–Trinajstić information content (AvgIpc) is 3.11. The summed E-state index contributed by atoms with van der Waals surface area (Å²) in [6.07, 6.45) is 0.138. The van der Waals surface area contributed by atoms with E-state index in [1.807, 2.05) is 44.2 Å². The lowest BCUT2D eigenvalue weighted by atomic mass is 10.0. The molecule has 1 heterocycles. The molecule has 1 aliphatic rings. The molecule has 1 N–H and O–H groups in total. The molecule has 3 aromatic rings. The van der Waals surface area contributed by atoms with E-state index in [2.05, 4.69) is 5.32 Å². The third-order valence-corrected chi connectivity index (χ3v) is 9.03. The summed E-state index contributed by atoms with van der Waals surface area (Å²) in [5.41, 5.74) is 1.17. The van der Waals surface area contributed by atoms with Crippen molar-refractivity contribution in [2.75, 3.05) is 13.1 Å². The highest BCUT2D eigenvalue weighted by Gasteiger charge is 2.43. The van der Waals surface area contributed by atoms with Crippen molar-refractivity contribution in [3.8, 4) is 0 Å². The third kappa shape index (κ3) is 6.32.